The van der Waals surface area contributed by atoms with Crippen LogP contribution in [0.5, 0.6) is 0 Å². The van der Waals surface area contributed by atoms with Crippen molar-refractivity contribution in [3.05, 3.63) is 194 Å². The number of rotatable bonds is 4. The van der Waals surface area contributed by atoms with E-state index in [1.807, 2.05) is 24.3 Å². The van der Waals surface area contributed by atoms with Crippen molar-refractivity contribution in [2.45, 2.75) is 0 Å². The predicted molar refractivity (Wildman–Crippen MR) is 235 cm³/mol. The highest BCUT2D eigenvalue weighted by Gasteiger charge is 2.19. The number of benzene rings is 10. The molecule has 0 aliphatic rings. The monoisotopic (exact) mass is 712 g/mol. The molecule has 0 N–H and O–H groups in total. The van der Waals surface area contributed by atoms with Gasteiger partial charge in [0, 0.05) is 21.5 Å². The Morgan fingerprint density at radius 3 is 1.32 bits per heavy atom. The standard InChI is InChI=1S/C54H32O2/c1-2-11-33(12-3-1)38-16-8-13-34-23-24-37(29-47(34)38)54-45-19-9-17-39(35-25-27-43-41-14-4-6-21-50(41)55-52(43)30-35)48(45)32-49-40(18-10-20-46(49)54)36-26-28-44-42-15-5-7-22-51(42)56-53(44)31-36/h1-32H. The Balaban J connectivity index is 1.15. The maximum absolute atomic E-state index is 6.40. The zero-order valence-corrected chi connectivity index (χ0v) is 30.3. The van der Waals surface area contributed by atoms with E-state index in [4.69, 9.17) is 8.83 Å². The van der Waals surface area contributed by atoms with E-state index < -0.39 is 0 Å². The summed E-state index contributed by atoms with van der Waals surface area (Å²) in [5.41, 5.74) is 13.0. The average molecular weight is 713 g/mol. The third-order valence-electron chi connectivity index (χ3n) is 11.7. The first-order chi connectivity index (χ1) is 27.7. The third kappa shape index (κ3) is 4.69. The summed E-state index contributed by atoms with van der Waals surface area (Å²) >= 11 is 0. The molecule has 2 heterocycles. The van der Waals surface area contributed by atoms with Crippen molar-refractivity contribution < 1.29 is 8.83 Å². The Hall–Kier alpha value is -7.42. The first-order valence-corrected chi connectivity index (χ1v) is 19.2. The molecule has 0 unspecified atom stereocenters. The molecule has 10 aromatic carbocycles. The van der Waals surface area contributed by atoms with Crippen molar-refractivity contribution in [2.24, 2.45) is 0 Å². The first-order valence-electron chi connectivity index (χ1n) is 19.2. The second-order valence-corrected chi connectivity index (χ2v) is 14.8. The molecule has 12 rings (SSSR count). The smallest absolute Gasteiger partial charge is 0.136 e. The van der Waals surface area contributed by atoms with Crippen LogP contribution in [0, 0.1) is 0 Å². The highest BCUT2D eigenvalue weighted by atomic mass is 16.3. The number of hydrogen-bond acceptors (Lipinski definition) is 2. The van der Waals surface area contributed by atoms with Crippen LogP contribution in [-0.4, -0.2) is 0 Å². The molecule has 0 amide bonds. The summed E-state index contributed by atoms with van der Waals surface area (Å²) in [4.78, 5) is 0. The maximum atomic E-state index is 6.40. The van der Waals surface area contributed by atoms with E-state index in [9.17, 15) is 0 Å². The van der Waals surface area contributed by atoms with Crippen molar-refractivity contribution in [2.75, 3.05) is 0 Å². The van der Waals surface area contributed by atoms with Gasteiger partial charge in [-0.25, -0.2) is 0 Å². The summed E-state index contributed by atoms with van der Waals surface area (Å²) in [6, 6.07) is 70.0. The van der Waals surface area contributed by atoms with Crippen LogP contribution in [0.2, 0.25) is 0 Å². The van der Waals surface area contributed by atoms with Gasteiger partial charge in [-0.2, -0.15) is 0 Å². The van der Waals surface area contributed by atoms with Crippen LogP contribution in [0.4, 0.5) is 0 Å². The van der Waals surface area contributed by atoms with Crippen LogP contribution >= 0.6 is 0 Å². The average Bonchev–Trinajstić information content (AvgIpc) is 3.82. The molecule has 56 heavy (non-hydrogen) atoms. The Morgan fingerprint density at radius 2 is 0.714 bits per heavy atom. The van der Waals surface area contributed by atoms with Crippen LogP contribution in [0.15, 0.2) is 203 Å². The molecule has 0 saturated carbocycles. The van der Waals surface area contributed by atoms with E-state index in [2.05, 4.69) is 170 Å². The first kappa shape index (κ1) is 31.0. The van der Waals surface area contributed by atoms with Crippen LogP contribution in [0.1, 0.15) is 0 Å². The van der Waals surface area contributed by atoms with Gasteiger partial charge in [-0.3, -0.25) is 0 Å². The molecule has 0 radical (unpaired) electrons. The number of fused-ring (bicyclic) bond motifs is 9. The van der Waals surface area contributed by atoms with Gasteiger partial charge in [0.25, 0.3) is 0 Å². The Morgan fingerprint density at radius 1 is 0.232 bits per heavy atom. The summed E-state index contributed by atoms with van der Waals surface area (Å²) < 4.78 is 12.8. The molecule has 0 bridgehead atoms. The van der Waals surface area contributed by atoms with Crippen molar-refractivity contribution >= 4 is 76.2 Å². The van der Waals surface area contributed by atoms with E-state index in [-0.39, 0.29) is 0 Å². The molecule has 0 spiro atoms. The van der Waals surface area contributed by atoms with Crippen molar-refractivity contribution in [1.29, 1.82) is 0 Å². The van der Waals surface area contributed by atoms with Gasteiger partial charge in [0.15, 0.2) is 0 Å². The lowest BCUT2D eigenvalue weighted by Gasteiger charge is -2.18. The molecule has 0 fully saturated rings. The predicted octanol–water partition coefficient (Wildman–Crippen LogP) is 15.6. The molecule has 0 aliphatic heterocycles. The minimum Gasteiger partial charge on any atom is -0.456 e. The van der Waals surface area contributed by atoms with E-state index >= 15 is 0 Å². The Bertz CT molecular complexity index is 3360. The summed E-state index contributed by atoms with van der Waals surface area (Å²) in [5.74, 6) is 0. The Kier molecular flexibility index (Phi) is 6.66. The highest BCUT2D eigenvalue weighted by Crippen LogP contribution is 2.45. The summed E-state index contributed by atoms with van der Waals surface area (Å²) in [6.45, 7) is 0. The molecule has 2 heteroatoms. The topological polar surface area (TPSA) is 26.3 Å². The second-order valence-electron chi connectivity index (χ2n) is 14.8. The van der Waals surface area contributed by atoms with Gasteiger partial charge < -0.3 is 8.83 Å². The van der Waals surface area contributed by atoms with E-state index in [0.29, 0.717) is 0 Å². The van der Waals surface area contributed by atoms with Gasteiger partial charge in [0.2, 0.25) is 0 Å². The van der Waals surface area contributed by atoms with Gasteiger partial charge in [0.1, 0.15) is 22.3 Å². The molecule has 2 nitrogen and oxygen atoms in total. The molecule has 12 aromatic rings. The number of furan rings is 2. The van der Waals surface area contributed by atoms with Crippen molar-refractivity contribution in [1.82, 2.24) is 0 Å². The van der Waals surface area contributed by atoms with Crippen molar-refractivity contribution in [3.8, 4) is 44.5 Å². The summed E-state index contributed by atoms with van der Waals surface area (Å²) in [7, 11) is 0. The maximum Gasteiger partial charge on any atom is 0.136 e. The molecule has 0 atom stereocenters. The molecule has 2 aromatic heterocycles. The van der Waals surface area contributed by atoms with Crippen molar-refractivity contribution in [3.63, 3.8) is 0 Å². The fourth-order valence-electron chi connectivity index (χ4n) is 9.07. The quantitative estimate of drug-likeness (QED) is 0.170. The van der Waals surface area contributed by atoms with Gasteiger partial charge in [-0.1, -0.05) is 146 Å². The fourth-order valence-corrected chi connectivity index (χ4v) is 9.07. The SMILES string of the molecule is c1ccc(-c2cccc3ccc(-c4c5cccc(-c6ccc7c(c6)oc6ccccc67)c5cc5c(-c6ccc7c(c6)oc6ccccc67)cccc45)cc23)cc1. The van der Waals surface area contributed by atoms with E-state index in [0.717, 1.165) is 55.0 Å². The van der Waals surface area contributed by atoms with Crippen LogP contribution in [0.3, 0.4) is 0 Å². The van der Waals surface area contributed by atoms with E-state index in [1.165, 1.54) is 65.7 Å². The fraction of sp³-hybridized carbons (Fsp3) is 0. The molecule has 0 saturated heterocycles. The number of para-hydroxylation sites is 2. The molecular formula is C54H32O2. The zero-order valence-electron chi connectivity index (χ0n) is 30.3. The third-order valence-corrected chi connectivity index (χ3v) is 11.7. The van der Waals surface area contributed by atoms with Crippen LogP contribution < -0.4 is 0 Å². The van der Waals surface area contributed by atoms with Gasteiger partial charge in [-0.15, -0.1) is 0 Å². The van der Waals surface area contributed by atoms with Gasteiger partial charge in [0.05, 0.1) is 0 Å². The van der Waals surface area contributed by atoms with Gasteiger partial charge >= 0.3 is 0 Å². The molecule has 0 aliphatic carbocycles. The lowest BCUT2D eigenvalue weighted by molar-refractivity contribution is 0.668. The molecular weight excluding hydrogens is 681 g/mol. The Labute approximate surface area is 322 Å². The zero-order chi connectivity index (χ0) is 36.7. The van der Waals surface area contributed by atoms with E-state index in [1.54, 1.807) is 0 Å². The minimum atomic E-state index is 0.893. The number of hydrogen-bond donors (Lipinski definition) is 0. The molecule has 260 valence electrons. The summed E-state index contributed by atoms with van der Waals surface area (Å²) in [5, 5.41) is 11.8. The van der Waals surface area contributed by atoms with Crippen LogP contribution in [0.25, 0.3) is 121 Å². The van der Waals surface area contributed by atoms with Crippen LogP contribution in [-0.2, 0) is 0 Å². The lowest BCUT2D eigenvalue weighted by Crippen LogP contribution is -1.91. The highest BCUT2D eigenvalue weighted by molar-refractivity contribution is 6.20. The summed E-state index contributed by atoms with van der Waals surface area (Å²) in [6.07, 6.45) is 0. The normalized spacial score (nSPS) is 11.9. The largest absolute Gasteiger partial charge is 0.456 e. The van der Waals surface area contributed by atoms with Gasteiger partial charge in [-0.05, 0) is 125 Å². The second kappa shape index (κ2) is 12.0. The lowest BCUT2D eigenvalue weighted by atomic mass is 9.85. The minimum absolute atomic E-state index is 0.893.